The lowest BCUT2D eigenvalue weighted by molar-refractivity contribution is -0.140. The van der Waals surface area contributed by atoms with Crippen LogP contribution in [-0.2, 0) is 32.6 Å². The summed E-state index contributed by atoms with van der Waals surface area (Å²) in [5.74, 6) is -0.659. The van der Waals surface area contributed by atoms with Gasteiger partial charge in [-0.1, -0.05) is 89.8 Å². The van der Waals surface area contributed by atoms with E-state index in [2.05, 4.69) is 21.2 Å². The number of amides is 2. The van der Waals surface area contributed by atoms with Gasteiger partial charge < -0.3 is 10.2 Å². The predicted octanol–water partition coefficient (Wildman–Crippen LogP) is 5.92. The zero-order valence-electron chi connectivity index (χ0n) is 24.6. The van der Waals surface area contributed by atoms with E-state index < -0.39 is 28.5 Å². The Labute approximate surface area is 258 Å². The largest absolute Gasteiger partial charge is 0.352 e. The Hall–Kier alpha value is -3.17. The molecule has 9 heteroatoms. The number of aryl methyl sites for hydroxylation is 1. The minimum Gasteiger partial charge on any atom is -0.352 e. The molecule has 1 saturated carbocycles. The third-order valence-corrected chi connectivity index (χ3v) is 9.61. The first-order valence-electron chi connectivity index (χ1n) is 14.4. The van der Waals surface area contributed by atoms with Crippen molar-refractivity contribution in [2.45, 2.75) is 71.0 Å². The number of carbonyl (C=O) groups excluding carboxylic acids is 2. The van der Waals surface area contributed by atoms with E-state index in [0.29, 0.717) is 12.1 Å². The third kappa shape index (κ3) is 8.44. The van der Waals surface area contributed by atoms with Gasteiger partial charge in [0.25, 0.3) is 0 Å². The first kappa shape index (κ1) is 31.8. The predicted molar refractivity (Wildman–Crippen MR) is 172 cm³/mol. The average molecular weight is 655 g/mol. The summed E-state index contributed by atoms with van der Waals surface area (Å²) < 4.78 is 28.2. The summed E-state index contributed by atoms with van der Waals surface area (Å²) in [5.41, 5.74) is 3.92. The number of rotatable bonds is 11. The van der Waals surface area contributed by atoms with Gasteiger partial charge in [-0.15, -0.1) is 0 Å². The molecular formula is C33H40BrN3O4S. The minimum atomic E-state index is -3.82. The van der Waals surface area contributed by atoms with Crippen LogP contribution in [-0.4, -0.2) is 50.0 Å². The fraction of sp³-hybridized carbons (Fsp3) is 0.394. The van der Waals surface area contributed by atoms with E-state index in [0.717, 1.165) is 69.4 Å². The molecule has 0 aliphatic heterocycles. The monoisotopic (exact) mass is 653 g/mol. The Morgan fingerprint density at radius 1 is 0.929 bits per heavy atom. The number of benzene rings is 3. The quantitative estimate of drug-likeness (QED) is 0.278. The fourth-order valence-electron chi connectivity index (χ4n) is 5.53. The lowest BCUT2D eigenvalue weighted by Crippen LogP contribution is -2.55. The average Bonchev–Trinajstić information content (AvgIpc) is 2.95. The fourth-order valence-corrected chi connectivity index (χ4v) is 6.88. The van der Waals surface area contributed by atoms with Gasteiger partial charge in [-0.3, -0.25) is 13.9 Å². The van der Waals surface area contributed by atoms with Gasteiger partial charge in [0.05, 0.1) is 11.9 Å². The van der Waals surface area contributed by atoms with Crippen LogP contribution in [0.25, 0.3) is 0 Å². The molecule has 1 N–H and O–H groups in total. The highest BCUT2D eigenvalue weighted by molar-refractivity contribution is 9.10. The van der Waals surface area contributed by atoms with Crippen molar-refractivity contribution >= 4 is 43.5 Å². The summed E-state index contributed by atoms with van der Waals surface area (Å²) in [4.78, 5) is 29.9. The van der Waals surface area contributed by atoms with Crippen molar-refractivity contribution in [1.82, 2.24) is 10.2 Å². The van der Waals surface area contributed by atoms with Crippen LogP contribution in [0.2, 0.25) is 0 Å². The van der Waals surface area contributed by atoms with Crippen LogP contribution in [0.3, 0.4) is 0 Å². The molecule has 7 nitrogen and oxygen atoms in total. The van der Waals surface area contributed by atoms with E-state index in [4.69, 9.17) is 0 Å². The molecule has 2 amide bonds. The van der Waals surface area contributed by atoms with E-state index in [1.54, 1.807) is 17.0 Å². The minimum absolute atomic E-state index is 0.0646. The molecule has 1 atom stereocenters. The molecule has 0 saturated heterocycles. The summed E-state index contributed by atoms with van der Waals surface area (Å²) >= 11 is 3.52. The molecule has 224 valence electrons. The number of halogens is 1. The number of hydrogen-bond acceptors (Lipinski definition) is 4. The molecule has 0 spiro atoms. The summed E-state index contributed by atoms with van der Waals surface area (Å²) in [7, 11) is -3.82. The second kappa shape index (κ2) is 14.3. The van der Waals surface area contributed by atoms with E-state index in [1.807, 2.05) is 74.5 Å². The topological polar surface area (TPSA) is 86.8 Å². The number of nitrogens with one attached hydrogen (secondary N) is 1. The van der Waals surface area contributed by atoms with Crippen molar-refractivity contribution in [1.29, 1.82) is 0 Å². The van der Waals surface area contributed by atoms with Crippen LogP contribution in [0, 0.1) is 13.8 Å². The highest BCUT2D eigenvalue weighted by Gasteiger charge is 2.34. The second-order valence-electron chi connectivity index (χ2n) is 11.2. The molecule has 0 radical (unpaired) electrons. The van der Waals surface area contributed by atoms with Gasteiger partial charge in [-0.25, -0.2) is 8.42 Å². The Morgan fingerprint density at radius 2 is 1.60 bits per heavy atom. The van der Waals surface area contributed by atoms with E-state index in [-0.39, 0.29) is 18.5 Å². The van der Waals surface area contributed by atoms with Crippen LogP contribution in [0.1, 0.15) is 54.4 Å². The van der Waals surface area contributed by atoms with Crippen LogP contribution >= 0.6 is 15.9 Å². The second-order valence-corrected chi connectivity index (χ2v) is 14.0. The van der Waals surface area contributed by atoms with Gasteiger partial charge in [0.15, 0.2) is 0 Å². The Bertz CT molecular complexity index is 1490. The molecule has 4 rings (SSSR count). The van der Waals surface area contributed by atoms with E-state index in [1.165, 1.54) is 0 Å². The Balaban J connectivity index is 1.74. The molecule has 0 heterocycles. The number of hydrogen-bond donors (Lipinski definition) is 1. The van der Waals surface area contributed by atoms with E-state index in [9.17, 15) is 18.0 Å². The Kier molecular flexibility index (Phi) is 10.8. The third-order valence-electron chi connectivity index (χ3n) is 7.99. The van der Waals surface area contributed by atoms with Gasteiger partial charge >= 0.3 is 0 Å². The van der Waals surface area contributed by atoms with Crippen molar-refractivity contribution in [3.8, 4) is 0 Å². The van der Waals surface area contributed by atoms with Gasteiger partial charge in [0.1, 0.15) is 12.6 Å². The van der Waals surface area contributed by atoms with Crippen molar-refractivity contribution in [3.05, 3.63) is 99.5 Å². The maximum atomic E-state index is 14.3. The lowest BCUT2D eigenvalue weighted by Gasteiger charge is -2.35. The maximum absolute atomic E-state index is 14.3. The van der Waals surface area contributed by atoms with Crippen molar-refractivity contribution in [3.63, 3.8) is 0 Å². The first-order chi connectivity index (χ1) is 20.0. The zero-order chi connectivity index (χ0) is 30.3. The lowest BCUT2D eigenvalue weighted by atomic mass is 9.94. The SMILES string of the molecule is Cc1cccc(N(CC(=O)N(Cc2cccc(Br)c2)[C@@H](Cc2ccccc2)C(=O)NC2CCCCC2)S(C)(=O)=O)c1C. The van der Waals surface area contributed by atoms with Crippen LogP contribution in [0.4, 0.5) is 5.69 Å². The number of nitrogens with zero attached hydrogens (tertiary/aromatic N) is 2. The smallest absolute Gasteiger partial charge is 0.244 e. The molecule has 0 unspecified atom stereocenters. The van der Waals surface area contributed by atoms with Crippen LogP contribution < -0.4 is 9.62 Å². The maximum Gasteiger partial charge on any atom is 0.244 e. The summed E-state index contributed by atoms with van der Waals surface area (Å²) in [6.07, 6.45) is 6.53. The van der Waals surface area contributed by atoms with Crippen LogP contribution in [0.5, 0.6) is 0 Å². The summed E-state index contributed by atoms with van der Waals surface area (Å²) in [6.45, 7) is 3.49. The highest BCUT2D eigenvalue weighted by atomic mass is 79.9. The van der Waals surface area contributed by atoms with E-state index >= 15 is 0 Å². The van der Waals surface area contributed by atoms with Gasteiger partial charge in [0, 0.05) is 23.5 Å². The molecule has 42 heavy (non-hydrogen) atoms. The molecule has 1 aliphatic rings. The molecule has 1 fully saturated rings. The van der Waals surface area contributed by atoms with Crippen molar-refractivity contribution in [2.24, 2.45) is 0 Å². The van der Waals surface area contributed by atoms with Crippen LogP contribution in [0.15, 0.2) is 77.3 Å². The van der Waals surface area contributed by atoms with Gasteiger partial charge in [-0.05, 0) is 67.1 Å². The van der Waals surface area contributed by atoms with Crippen molar-refractivity contribution in [2.75, 3.05) is 17.1 Å². The number of carbonyl (C=O) groups is 2. The molecule has 0 bridgehead atoms. The molecule has 3 aromatic rings. The Morgan fingerprint density at radius 3 is 2.26 bits per heavy atom. The molecule has 0 aromatic heterocycles. The number of anilines is 1. The van der Waals surface area contributed by atoms with Gasteiger partial charge in [0.2, 0.25) is 21.8 Å². The molecule has 3 aromatic carbocycles. The molecular weight excluding hydrogens is 614 g/mol. The zero-order valence-corrected chi connectivity index (χ0v) is 27.0. The van der Waals surface area contributed by atoms with Gasteiger partial charge in [-0.2, -0.15) is 0 Å². The summed E-state index contributed by atoms with van der Waals surface area (Å²) in [5, 5.41) is 3.23. The van der Waals surface area contributed by atoms with Crippen molar-refractivity contribution < 1.29 is 18.0 Å². The number of sulfonamides is 1. The molecule has 1 aliphatic carbocycles. The highest BCUT2D eigenvalue weighted by Crippen LogP contribution is 2.26. The standard InChI is InChI=1S/C33H40BrN3O4S/c1-24-12-10-19-30(25(24)2)37(42(3,40)41)23-32(38)36(22-27-15-11-16-28(34)20-27)31(21-26-13-6-4-7-14-26)33(39)35-29-17-8-5-9-18-29/h4,6-7,10-16,19-20,29,31H,5,8-9,17-18,21-23H2,1-3H3,(H,35,39)/t31-/m0/s1. The normalized spacial score (nSPS) is 14.7. The first-order valence-corrected chi connectivity index (χ1v) is 17.1. The summed E-state index contributed by atoms with van der Waals surface area (Å²) in [6, 6.07) is 21.9.